The summed E-state index contributed by atoms with van der Waals surface area (Å²) in [7, 11) is 0. The van der Waals surface area contributed by atoms with Crippen LogP contribution in [0, 0.1) is 0 Å². The highest BCUT2D eigenvalue weighted by atomic mass is 32.1. The fourth-order valence-corrected chi connectivity index (χ4v) is 2.04. The first-order valence-corrected chi connectivity index (χ1v) is 5.76. The van der Waals surface area contributed by atoms with Crippen LogP contribution in [0.25, 0.3) is 0 Å². The molecule has 80 valence electrons. The predicted molar refractivity (Wildman–Crippen MR) is 60.8 cm³/mol. The third kappa shape index (κ3) is 2.87. The molecule has 0 spiro atoms. The maximum Gasteiger partial charge on any atom is 0.112 e. The molecule has 0 aliphatic carbocycles. The zero-order chi connectivity index (χ0) is 10.7. The molecule has 2 heterocycles. The number of imidazole rings is 1. The number of hydrogen-bond acceptors (Lipinski definition) is 4. The predicted octanol–water partition coefficient (Wildman–Crippen LogP) is 1.28. The van der Waals surface area contributed by atoms with E-state index in [0.29, 0.717) is 0 Å². The molecule has 15 heavy (non-hydrogen) atoms. The van der Waals surface area contributed by atoms with Gasteiger partial charge in [0, 0.05) is 30.2 Å². The van der Waals surface area contributed by atoms with Gasteiger partial charge in [0.05, 0.1) is 18.6 Å². The molecule has 0 aliphatic rings. The van der Waals surface area contributed by atoms with Gasteiger partial charge in [-0.1, -0.05) is 0 Å². The minimum Gasteiger partial charge on any atom is -0.330 e. The third-order valence-electron chi connectivity index (χ3n) is 2.02. The lowest BCUT2D eigenvalue weighted by molar-refractivity contribution is 0.723. The van der Waals surface area contributed by atoms with Crippen molar-refractivity contribution in [2.45, 2.75) is 25.9 Å². The van der Waals surface area contributed by atoms with Gasteiger partial charge in [0.25, 0.3) is 0 Å². The van der Waals surface area contributed by atoms with Crippen LogP contribution < -0.4 is 5.73 Å². The maximum absolute atomic E-state index is 5.71. The Morgan fingerprint density at radius 3 is 3.07 bits per heavy atom. The fraction of sp³-hybridized carbons (Fsp3) is 0.400. The number of hydrogen-bond donors (Lipinski definition) is 1. The van der Waals surface area contributed by atoms with Gasteiger partial charge in [0.15, 0.2) is 0 Å². The Morgan fingerprint density at radius 1 is 1.53 bits per heavy atom. The highest BCUT2D eigenvalue weighted by Gasteiger charge is 2.03. The minimum atomic E-state index is 0.160. The van der Waals surface area contributed by atoms with E-state index in [1.165, 1.54) is 0 Å². The normalized spacial score (nSPS) is 12.9. The van der Waals surface area contributed by atoms with Gasteiger partial charge in [0.1, 0.15) is 5.01 Å². The van der Waals surface area contributed by atoms with Crippen LogP contribution in [-0.2, 0) is 13.0 Å². The fourth-order valence-electron chi connectivity index (χ4n) is 1.42. The van der Waals surface area contributed by atoms with Crippen LogP contribution >= 0.6 is 11.3 Å². The lowest BCUT2D eigenvalue weighted by Gasteiger charge is -2.00. The monoisotopic (exact) mass is 222 g/mol. The molecule has 4 nitrogen and oxygen atoms in total. The summed E-state index contributed by atoms with van der Waals surface area (Å²) in [5, 5.41) is 3.08. The first-order valence-electron chi connectivity index (χ1n) is 4.88. The lowest BCUT2D eigenvalue weighted by atomic mass is 10.2. The Morgan fingerprint density at radius 2 is 2.40 bits per heavy atom. The van der Waals surface area contributed by atoms with E-state index in [1.54, 1.807) is 11.3 Å². The molecular formula is C10H14N4S. The molecule has 5 heteroatoms. The Balaban J connectivity index is 2.01. The van der Waals surface area contributed by atoms with Crippen LogP contribution in [-0.4, -0.2) is 20.6 Å². The average molecular weight is 222 g/mol. The van der Waals surface area contributed by atoms with E-state index < -0.39 is 0 Å². The van der Waals surface area contributed by atoms with E-state index >= 15 is 0 Å². The second-order valence-corrected chi connectivity index (χ2v) is 4.62. The third-order valence-corrected chi connectivity index (χ3v) is 2.78. The van der Waals surface area contributed by atoms with Gasteiger partial charge >= 0.3 is 0 Å². The molecular weight excluding hydrogens is 208 g/mol. The number of thiazole rings is 1. The zero-order valence-corrected chi connectivity index (χ0v) is 9.44. The summed E-state index contributed by atoms with van der Waals surface area (Å²) in [5.41, 5.74) is 6.75. The Bertz CT molecular complexity index is 405. The van der Waals surface area contributed by atoms with Crippen molar-refractivity contribution >= 4 is 11.3 Å². The number of rotatable bonds is 4. The first-order chi connectivity index (χ1) is 7.24. The summed E-state index contributed by atoms with van der Waals surface area (Å²) >= 11 is 1.66. The van der Waals surface area contributed by atoms with E-state index in [4.69, 9.17) is 5.73 Å². The molecule has 0 amide bonds. The van der Waals surface area contributed by atoms with E-state index in [9.17, 15) is 0 Å². The van der Waals surface area contributed by atoms with Crippen molar-refractivity contribution in [3.63, 3.8) is 0 Å². The topological polar surface area (TPSA) is 56.7 Å². The van der Waals surface area contributed by atoms with Crippen LogP contribution in [0.1, 0.15) is 17.6 Å². The summed E-state index contributed by atoms with van der Waals surface area (Å²) in [6.45, 7) is 2.78. The largest absolute Gasteiger partial charge is 0.330 e. The summed E-state index contributed by atoms with van der Waals surface area (Å²) in [6.07, 6.45) is 6.51. The van der Waals surface area contributed by atoms with Crippen molar-refractivity contribution in [1.29, 1.82) is 0 Å². The van der Waals surface area contributed by atoms with Crippen LogP contribution in [0.3, 0.4) is 0 Å². The molecule has 0 saturated carbocycles. The van der Waals surface area contributed by atoms with Crippen molar-refractivity contribution in [3.05, 3.63) is 34.8 Å². The van der Waals surface area contributed by atoms with Crippen molar-refractivity contribution in [1.82, 2.24) is 14.5 Å². The second kappa shape index (κ2) is 4.55. The Labute approximate surface area is 92.8 Å². The SMILES string of the molecule is CC(N)Cc1cn(Cc2nccs2)cn1. The van der Waals surface area contributed by atoms with Crippen molar-refractivity contribution in [2.24, 2.45) is 5.73 Å². The summed E-state index contributed by atoms with van der Waals surface area (Å²) in [4.78, 5) is 8.52. The molecule has 2 aromatic rings. The van der Waals surface area contributed by atoms with Crippen molar-refractivity contribution < 1.29 is 0 Å². The van der Waals surface area contributed by atoms with E-state index in [2.05, 4.69) is 9.97 Å². The average Bonchev–Trinajstić information content (AvgIpc) is 2.77. The van der Waals surface area contributed by atoms with Gasteiger partial charge in [-0.15, -0.1) is 11.3 Å². The molecule has 2 rings (SSSR count). The van der Waals surface area contributed by atoms with Gasteiger partial charge in [-0.3, -0.25) is 0 Å². The molecule has 0 fully saturated rings. The first kappa shape index (κ1) is 10.3. The van der Waals surface area contributed by atoms with Crippen molar-refractivity contribution in [3.8, 4) is 0 Å². The molecule has 0 saturated heterocycles. The number of nitrogens with zero attached hydrogens (tertiary/aromatic N) is 3. The molecule has 0 aliphatic heterocycles. The van der Waals surface area contributed by atoms with E-state index in [0.717, 1.165) is 23.7 Å². The van der Waals surface area contributed by atoms with Crippen LogP contribution in [0.2, 0.25) is 0 Å². The highest BCUT2D eigenvalue weighted by molar-refractivity contribution is 7.09. The van der Waals surface area contributed by atoms with Gasteiger partial charge < -0.3 is 10.3 Å². The van der Waals surface area contributed by atoms with Crippen LogP contribution in [0.15, 0.2) is 24.1 Å². The van der Waals surface area contributed by atoms with Crippen molar-refractivity contribution in [2.75, 3.05) is 0 Å². The molecule has 2 aromatic heterocycles. The second-order valence-electron chi connectivity index (χ2n) is 3.64. The summed E-state index contributed by atoms with van der Waals surface area (Å²) in [5.74, 6) is 0. The zero-order valence-electron chi connectivity index (χ0n) is 8.63. The summed E-state index contributed by atoms with van der Waals surface area (Å²) < 4.78 is 2.04. The Kier molecular flexibility index (Phi) is 3.13. The maximum atomic E-state index is 5.71. The molecule has 0 aromatic carbocycles. The summed E-state index contributed by atoms with van der Waals surface area (Å²) in [6, 6.07) is 0.160. The van der Waals surface area contributed by atoms with Gasteiger partial charge in [-0.25, -0.2) is 9.97 Å². The van der Waals surface area contributed by atoms with Crippen LogP contribution in [0.4, 0.5) is 0 Å². The minimum absolute atomic E-state index is 0.160. The Hall–Kier alpha value is -1.20. The molecule has 0 bridgehead atoms. The standard InChI is InChI=1S/C10H14N4S/c1-8(11)4-9-5-14(7-13-9)6-10-12-2-3-15-10/h2-3,5,7-8H,4,6,11H2,1H3. The molecule has 1 atom stereocenters. The van der Waals surface area contributed by atoms with Gasteiger partial charge in [-0.2, -0.15) is 0 Å². The number of nitrogens with two attached hydrogens (primary N) is 1. The number of aromatic nitrogens is 3. The smallest absolute Gasteiger partial charge is 0.112 e. The molecule has 1 unspecified atom stereocenters. The molecule has 2 N–H and O–H groups in total. The van der Waals surface area contributed by atoms with E-state index in [-0.39, 0.29) is 6.04 Å². The quantitative estimate of drug-likeness (QED) is 0.847. The van der Waals surface area contributed by atoms with Gasteiger partial charge in [0.2, 0.25) is 0 Å². The van der Waals surface area contributed by atoms with Crippen LogP contribution in [0.5, 0.6) is 0 Å². The molecule has 0 radical (unpaired) electrons. The van der Waals surface area contributed by atoms with E-state index in [1.807, 2.05) is 35.6 Å². The highest BCUT2D eigenvalue weighted by Crippen LogP contribution is 2.07. The van der Waals surface area contributed by atoms with Gasteiger partial charge in [-0.05, 0) is 6.92 Å². The lowest BCUT2D eigenvalue weighted by Crippen LogP contribution is -2.17.